The lowest BCUT2D eigenvalue weighted by molar-refractivity contribution is 0.222. The summed E-state index contributed by atoms with van der Waals surface area (Å²) in [5.41, 5.74) is 9.04. The van der Waals surface area contributed by atoms with Crippen molar-refractivity contribution >= 4 is 29.1 Å². The van der Waals surface area contributed by atoms with Crippen molar-refractivity contribution in [1.82, 2.24) is 14.7 Å². The van der Waals surface area contributed by atoms with Crippen LogP contribution >= 0.6 is 11.6 Å². The number of nitrogens with zero attached hydrogens (tertiary/aromatic N) is 3. The first kappa shape index (κ1) is 17.4. The molecular weight excluding hydrogens is 362 g/mol. The summed E-state index contributed by atoms with van der Waals surface area (Å²) < 4.78 is 1.57. The summed E-state index contributed by atoms with van der Waals surface area (Å²) in [6.07, 6.45) is 2.04. The topological polar surface area (TPSA) is 76.2 Å². The van der Waals surface area contributed by atoms with Crippen LogP contribution in [0.4, 0.5) is 16.3 Å². The zero-order valence-electron chi connectivity index (χ0n) is 14.7. The average Bonchev–Trinajstić information content (AvgIpc) is 3.33. The number of nitrogens with two attached hydrogens (primary N) is 1. The van der Waals surface area contributed by atoms with E-state index in [1.165, 1.54) is 0 Å². The molecule has 0 radical (unpaired) electrons. The molecule has 3 aromatic rings. The van der Waals surface area contributed by atoms with E-state index in [9.17, 15) is 4.79 Å². The van der Waals surface area contributed by atoms with Crippen molar-refractivity contribution in [2.75, 3.05) is 24.1 Å². The van der Waals surface area contributed by atoms with Crippen LogP contribution in [0.2, 0.25) is 5.02 Å². The summed E-state index contributed by atoms with van der Waals surface area (Å²) in [4.78, 5) is 14.5. The molecule has 138 valence electrons. The van der Waals surface area contributed by atoms with Gasteiger partial charge in [-0.2, -0.15) is 5.10 Å². The van der Waals surface area contributed by atoms with Crippen molar-refractivity contribution < 1.29 is 4.79 Å². The van der Waals surface area contributed by atoms with E-state index >= 15 is 0 Å². The Hall–Kier alpha value is -2.99. The number of amides is 2. The van der Waals surface area contributed by atoms with Crippen molar-refractivity contribution in [2.45, 2.75) is 12.8 Å². The highest BCUT2D eigenvalue weighted by molar-refractivity contribution is 6.32. The van der Waals surface area contributed by atoms with Crippen molar-refractivity contribution in [3.63, 3.8) is 0 Å². The van der Waals surface area contributed by atoms with Crippen LogP contribution < -0.4 is 11.1 Å². The number of halogens is 1. The van der Waals surface area contributed by atoms with E-state index in [4.69, 9.17) is 17.3 Å². The third kappa shape index (κ3) is 3.36. The Balaban J connectivity index is 1.80. The first-order valence-electron chi connectivity index (χ1n) is 8.90. The fourth-order valence-electron chi connectivity index (χ4n) is 3.27. The highest BCUT2D eigenvalue weighted by Gasteiger charge is 2.24. The number of para-hydroxylation sites is 1. The van der Waals surface area contributed by atoms with Gasteiger partial charge in [0.25, 0.3) is 0 Å². The SMILES string of the molecule is Nc1c(NC(=O)N2CCCC2)c(-c2ccccc2)nn1-c1ccccc1Cl. The van der Waals surface area contributed by atoms with Gasteiger partial charge in [-0.15, -0.1) is 0 Å². The lowest BCUT2D eigenvalue weighted by Gasteiger charge is -2.16. The first-order valence-corrected chi connectivity index (χ1v) is 9.27. The highest BCUT2D eigenvalue weighted by Crippen LogP contribution is 2.35. The van der Waals surface area contributed by atoms with E-state index in [-0.39, 0.29) is 6.03 Å². The molecule has 1 fully saturated rings. The third-order valence-electron chi connectivity index (χ3n) is 4.67. The number of hydrogen-bond donors (Lipinski definition) is 2. The maximum absolute atomic E-state index is 12.7. The van der Waals surface area contributed by atoms with Crippen molar-refractivity contribution in [1.29, 1.82) is 0 Å². The van der Waals surface area contributed by atoms with Gasteiger partial charge >= 0.3 is 6.03 Å². The molecule has 0 aliphatic carbocycles. The van der Waals surface area contributed by atoms with Gasteiger partial charge in [0.15, 0.2) is 5.82 Å². The largest absolute Gasteiger partial charge is 0.382 e. The monoisotopic (exact) mass is 381 g/mol. The standard InChI is InChI=1S/C20H20ClN5O/c21-15-10-4-5-11-16(15)26-19(22)18(23-20(27)25-12-6-7-13-25)17(24-26)14-8-2-1-3-9-14/h1-5,8-11H,6-7,12-13,22H2,(H,23,27). The van der Waals surface area contributed by atoms with E-state index in [1.807, 2.05) is 48.5 Å². The van der Waals surface area contributed by atoms with Crippen LogP contribution in [0.15, 0.2) is 54.6 Å². The maximum atomic E-state index is 12.7. The molecule has 2 heterocycles. The molecule has 27 heavy (non-hydrogen) atoms. The summed E-state index contributed by atoms with van der Waals surface area (Å²) in [7, 11) is 0. The Morgan fingerprint density at radius 2 is 1.70 bits per heavy atom. The molecule has 1 aromatic heterocycles. The fraction of sp³-hybridized carbons (Fsp3) is 0.200. The Labute approximate surface area is 162 Å². The summed E-state index contributed by atoms with van der Waals surface area (Å²) in [5.74, 6) is 0.342. The Morgan fingerprint density at radius 1 is 1.04 bits per heavy atom. The number of aromatic nitrogens is 2. The molecule has 1 aliphatic rings. The average molecular weight is 382 g/mol. The lowest BCUT2D eigenvalue weighted by atomic mass is 10.1. The number of carbonyl (C=O) groups excluding carboxylic acids is 1. The van der Waals surface area contributed by atoms with Crippen LogP contribution in [0.3, 0.4) is 0 Å². The van der Waals surface area contributed by atoms with Crippen molar-refractivity contribution in [2.24, 2.45) is 0 Å². The van der Waals surface area contributed by atoms with Crippen LogP contribution in [0.1, 0.15) is 12.8 Å². The Morgan fingerprint density at radius 3 is 2.41 bits per heavy atom. The number of nitrogen functional groups attached to an aromatic ring is 1. The molecule has 6 nitrogen and oxygen atoms in total. The van der Waals surface area contributed by atoms with Crippen LogP contribution in [0, 0.1) is 0 Å². The summed E-state index contributed by atoms with van der Waals surface area (Å²) >= 11 is 6.34. The molecule has 0 bridgehead atoms. The number of rotatable bonds is 3. The van der Waals surface area contributed by atoms with E-state index in [0.717, 1.165) is 31.5 Å². The molecule has 4 rings (SSSR count). The minimum Gasteiger partial charge on any atom is -0.382 e. The van der Waals surface area contributed by atoms with Crippen molar-refractivity contribution in [3.8, 4) is 16.9 Å². The van der Waals surface area contributed by atoms with Gasteiger partial charge < -0.3 is 16.0 Å². The van der Waals surface area contributed by atoms with Crippen LogP contribution in [0.5, 0.6) is 0 Å². The normalized spacial score (nSPS) is 13.7. The predicted molar refractivity (Wildman–Crippen MR) is 108 cm³/mol. The van der Waals surface area contributed by atoms with Crippen LogP contribution in [-0.4, -0.2) is 33.8 Å². The third-order valence-corrected chi connectivity index (χ3v) is 4.99. The number of hydrogen-bond acceptors (Lipinski definition) is 3. The number of anilines is 2. The molecule has 0 unspecified atom stereocenters. The maximum Gasteiger partial charge on any atom is 0.322 e. The number of carbonyl (C=O) groups is 1. The van der Waals surface area contributed by atoms with Gasteiger partial charge in [-0.05, 0) is 25.0 Å². The summed E-state index contributed by atoms with van der Waals surface area (Å²) in [6, 6.07) is 16.8. The second kappa shape index (κ2) is 7.32. The summed E-state index contributed by atoms with van der Waals surface area (Å²) in [5, 5.41) is 8.16. The lowest BCUT2D eigenvalue weighted by Crippen LogP contribution is -2.32. The number of nitrogens with one attached hydrogen (secondary N) is 1. The van der Waals surface area contributed by atoms with Gasteiger partial charge in [0.1, 0.15) is 11.4 Å². The molecule has 3 N–H and O–H groups in total. The quantitative estimate of drug-likeness (QED) is 0.705. The second-order valence-corrected chi connectivity index (χ2v) is 6.87. The van der Waals surface area contributed by atoms with Gasteiger partial charge in [-0.1, -0.05) is 54.1 Å². The van der Waals surface area contributed by atoms with Crippen LogP contribution in [-0.2, 0) is 0 Å². The molecule has 0 saturated carbocycles. The molecular formula is C20H20ClN5O. The number of urea groups is 1. The smallest absolute Gasteiger partial charge is 0.322 e. The first-order chi connectivity index (χ1) is 13.1. The molecule has 0 atom stereocenters. The zero-order chi connectivity index (χ0) is 18.8. The minimum absolute atomic E-state index is 0.157. The second-order valence-electron chi connectivity index (χ2n) is 6.46. The van der Waals surface area contributed by atoms with E-state index < -0.39 is 0 Å². The fourth-order valence-corrected chi connectivity index (χ4v) is 3.48. The van der Waals surface area contributed by atoms with E-state index in [1.54, 1.807) is 15.6 Å². The zero-order valence-corrected chi connectivity index (χ0v) is 15.5. The van der Waals surface area contributed by atoms with Gasteiger partial charge in [-0.25, -0.2) is 9.48 Å². The Bertz CT molecular complexity index is 964. The molecule has 7 heteroatoms. The molecule has 1 aliphatic heterocycles. The molecule has 1 saturated heterocycles. The van der Waals surface area contributed by atoms with E-state index in [2.05, 4.69) is 10.4 Å². The van der Waals surface area contributed by atoms with Gasteiger partial charge in [0, 0.05) is 18.7 Å². The van der Waals surface area contributed by atoms with Gasteiger partial charge in [-0.3, -0.25) is 0 Å². The van der Waals surface area contributed by atoms with Gasteiger partial charge in [0.2, 0.25) is 0 Å². The van der Waals surface area contributed by atoms with E-state index in [0.29, 0.717) is 27.9 Å². The van der Waals surface area contributed by atoms with Crippen LogP contribution in [0.25, 0.3) is 16.9 Å². The van der Waals surface area contributed by atoms with Crippen molar-refractivity contribution in [3.05, 3.63) is 59.6 Å². The highest BCUT2D eigenvalue weighted by atomic mass is 35.5. The Kier molecular flexibility index (Phi) is 4.73. The van der Waals surface area contributed by atoms with Gasteiger partial charge in [0.05, 0.1) is 10.7 Å². The number of likely N-dealkylation sites (tertiary alicyclic amines) is 1. The minimum atomic E-state index is -0.157. The molecule has 2 amide bonds. The number of benzene rings is 2. The molecule has 2 aromatic carbocycles. The summed E-state index contributed by atoms with van der Waals surface area (Å²) in [6.45, 7) is 1.51. The predicted octanol–water partition coefficient (Wildman–Crippen LogP) is 4.40. The molecule has 0 spiro atoms.